The average molecular weight is 254 g/mol. The minimum absolute atomic E-state index is 0.0346. The quantitative estimate of drug-likeness (QED) is 0.834. The van der Waals surface area contributed by atoms with Crippen LogP contribution in [0, 0.1) is 5.92 Å². The summed E-state index contributed by atoms with van der Waals surface area (Å²) in [6.45, 7) is 3.14. The van der Waals surface area contributed by atoms with E-state index < -0.39 is 6.10 Å². The summed E-state index contributed by atoms with van der Waals surface area (Å²) in [5.41, 5.74) is 0.621. The maximum atomic E-state index is 12.1. The molecule has 1 aromatic rings. The van der Waals surface area contributed by atoms with Gasteiger partial charge in [-0.2, -0.15) is 0 Å². The summed E-state index contributed by atoms with van der Waals surface area (Å²) in [5, 5.41) is 10.4. The first-order valence-corrected chi connectivity index (χ1v) is 6.18. The van der Waals surface area contributed by atoms with Crippen LogP contribution in [-0.4, -0.2) is 35.1 Å². The van der Waals surface area contributed by atoms with E-state index in [9.17, 15) is 9.90 Å². The van der Waals surface area contributed by atoms with Crippen LogP contribution in [-0.2, 0) is 0 Å². The van der Waals surface area contributed by atoms with Gasteiger partial charge in [0.25, 0.3) is 5.91 Å². The van der Waals surface area contributed by atoms with Gasteiger partial charge in [-0.05, 0) is 36.6 Å². The van der Waals surface area contributed by atoms with Crippen LogP contribution in [0.3, 0.4) is 0 Å². The lowest BCUT2D eigenvalue weighted by atomic mass is 9.95. The Labute approximate surface area is 106 Å². The fourth-order valence-corrected chi connectivity index (χ4v) is 2.13. The highest BCUT2D eigenvalue weighted by molar-refractivity contribution is 6.30. The van der Waals surface area contributed by atoms with Crippen molar-refractivity contribution in [1.82, 2.24) is 4.90 Å². The van der Waals surface area contributed by atoms with Crippen molar-refractivity contribution in [3.05, 3.63) is 34.9 Å². The fourth-order valence-electron chi connectivity index (χ4n) is 2.01. The van der Waals surface area contributed by atoms with Crippen LogP contribution >= 0.6 is 11.6 Å². The summed E-state index contributed by atoms with van der Waals surface area (Å²) in [5.74, 6) is 0.233. The zero-order valence-corrected chi connectivity index (χ0v) is 10.5. The molecule has 1 fully saturated rings. The van der Waals surface area contributed by atoms with Crippen molar-refractivity contribution in [2.24, 2.45) is 5.92 Å². The Morgan fingerprint density at radius 2 is 2.06 bits per heavy atom. The molecule has 0 spiro atoms. The van der Waals surface area contributed by atoms with E-state index in [1.807, 2.05) is 6.92 Å². The van der Waals surface area contributed by atoms with E-state index in [1.165, 1.54) is 0 Å². The predicted octanol–water partition coefficient (Wildman–Crippen LogP) is 2.18. The summed E-state index contributed by atoms with van der Waals surface area (Å²) in [4.78, 5) is 13.8. The third-order valence-corrected chi connectivity index (χ3v) is 3.55. The van der Waals surface area contributed by atoms with Gasteiger partial charge in [0.2, 0.25) is 0 Å². The van der Waals surface area contributed by atoms with Crippen molar-refractivity contribution in [1.29, 1.82) is 0 Å². The van der Waals surface area contributed by atoms with Gasteiger partial charge in [0, 0.05) is 23.7 Å². The number of amides is 1. The first-order valence-electron chi connectivity index (χ1n) is 5.81. The molecule has 3 nitrogen and oxygen atoms in total. The van der Waals surface area contributed by atoms with Crippen molar-refractivity contribution in [3.63, 3.8) is 0 Å². The van der Waals surface area contributed by atoms with Gasteiger partial charge in [-0.3, -0.25) is 4.79 Å². The van der Waals surface area contributed by atoms with Gasteiger partial charge in [0.1, 0.15) is 0 Å². The first-order chi connectivity index (χ1) is 8.08. The summed E-state index contributed by atoms with van der Waals surface area (Å²) in [6, 6.07) is 6.85. The van der Waals surface area contributed by atoms with E-state index >= 15 is 0 Å². The molecular formula is C13H16ClNO2. The van der Waals surface area contributed by atoms with Crippen molar-refractivity contribution in [2.45, 2.75) is 19.4 Å². The molecule has 0 radical (unpaired) electrons. The molecule has 1 aliphatic rings. The number of hydrogen-bond acceptors (Lipinski definition) is 2. The molecule has 1 aromatic carbocycles. The molecule has 1 heterocycles. The van der Waals surface area contributed by atoms with Crippen molar-refractivity contribution < 1.29 is 9.90 Å². The number of hydrogen-bond donors (Lipinski definition) is 1. The van der Waals surface area contributed by atoms with Crippen LogP contribution in [0.5, 0.6) is 0 Å². The Hall–Kier alpha value is -1.06. The van der Waals surface area contributed by atoms with E-state index in [4.69, 9.17) is 11.6 Å². The highest BCUT2D eigenvalue weighted by Crippen LogP contribution is 2.19. The molecule has 92 valence electrons. The molecule has 1 saturated heterocycles. The topological polar surface area (TPSA) is 40.5 Å². The summed E-state index contributed by atoms with van der Waals surface area (Å²) in [6.07, 6.45) is 0.431. The highest BCUT2D eigenvalue weighted by atomic mass is 35.5. The van der Waals surface area contributed by atoms with E-state index in [-0.39, 0.29) is 11.8 Å². The van der Waals surface area contributed by atoms with E-state index in [1.54, 1.807) is 29.2 Å². The lowest BCUT2D eigenvalue weighted by molar-refractivity contribution is 0.0248. The van der Waals surface area contributed by atoms with Crippen LogP contribution in [0.25, 0.3) is 0 Å². The van der Waals surface area contributed by atoms with Gasteiger partial charge >= 0.3 is 0 Å². The molecule has 0 aliphatic carbocycles. The van der Waals surface area contributed by atoms with Crippen LogP contribution in [0.2, 0.25) is 5.02 Å². The predicted molar refractivity (Wildman–Crippen MR) is 67.1 cm³/mol. The second-order valence-electron chi connectivity index (χ2n) is 4.59. The molecule has 2 rings (SSSR count). The number of carbonyl (C=O) groups excluding carboxylic acids is 1. The van der Waals surface area contributed by atoms with E-state index in [0.717, 1.165) is 6.42 Å². The summed E-state index contributed by atoms with van der Waals surface area (Å²) < 4.78 is 0. The maximum Gasteiger partial charge on any atom is 0.253 e. The largest absolute Gasteiger partial charge is 0.391 e. The number of carbonyl (C=O) groups is 1. The number of aliphatic hydroxyl groups is 1. The standard InChI is InChI=1S/C13H16ClNO2/c1-9-6-7-15(8-12(9)16)13(17)10-2-4-11(14)5-3-10/h2-5,9,12,16H,6-8H2,1H3. The fraction of sp³-hybridized carbons (Fsp3) is 0.462. The molecule has 2 atom stereocenters. The van der Waals surface area contributed by atoms with Gasteiger partial charge in [-0.25, -0.2) is 0 Å². The molecule has 4 heteroatoms. The second-order valence-corrected chi connectivity index (χ2v) is 5.03. The normalized spacial score (nSPS) is 24.8. The Kier molecular flexibility index (Phi) is 3.69. The summed E-state index contributed by atoms with van der Waals surface area (Å²) >= 11 is 5.78. The third kappa shape index (κ3) is 2.79. The smallest absolute Gasteiger partial charge is 0.253 e. The number of halogens is 1. The third-order valence-electron chi connectivity index (χ3n) is 3.30. The number of aliphatic hydroxyl groups excluding tert-OH is 1. The molecule has 17 heavy (non-hydrogen) atoms. The molecule has 1 aliphatic heterocycles. The minimum Gasteiger partial charge on any atom is -0.391 e. The van der Waals surface area contributed by atoms with Gasteiger partial charge in [-0.1, -0.05) is 18.5 Å². The van der Waals surface area contributed by atoms with Crippen LogP contribution in [0.4, 0.5) is 0 Å². The van der Waals surface area contributed by atoms with Gasteiger partial charge in [0.15, 0.2) is 0 Å². The summed E-state index contributed by atoms with van der Waals surface area (Å²) in [7, 11) is 0. The lowest BCUT2D eigenvalue weighted by Gasteiger charge is -2.34. The Balaban J connectivity index is 2.08. The Morgan fingerprint density at radius 3 is 2.65 bits per heavy atom. The molecule has 1 amide bonds. The van der Waals surface area contributed by atoms with E-state index in [2.05, 4.69) is 0 Å². The zero-order valence-electron chi connectivity index (χ0n) is 9.77. The Morgan fingerprint density at radius 1 is 1.41 bits per heavy atom. The number of β-amino-alcohol motifs (C(OH)–C–C–N with tert-alkyl or cyclic N) is 1. The average Bonchev–Trinajstić information content (AvgIpc) is 2.33. The number of likely N-dealkylation sites (tertiary alicyclic amines) is 1. The van der Waals surface area contributed by atoms with Crippen LogP contribution in [0.15, 0.2) is 24.3 Å². The zero-order chi connectivity index (χ0) is 12.4. The van der Waals surface area contributed by atoms with Gasteiger partial charge < -0.3 is 10.0 Å². The van der Waals surface area contributed by atoms with Crippen LogP contribution in [0.1, 0.15) is 23.7 Å². The van der Waals surface area contributed by atoms with Crippen LogP contribution < -0.4 is 0 Å². The van der Waals surface area contributed by atoms with Gasteiger partial charge in [-0.15, -0.1) is 0 Å². The number of nitrogens with zero attached hydrogens (tertiary/aromatic N) is 1. The minimum atomic E-state index is -0.417. The molecule has 0 saturated carbocycles. The highest BCUT2D eigenvalue weighted by Gasteiger charge is 2.27. The van der Waals surface area contributed by atoms with Crippen molar-refractivity contribution in [2.75, 3.05) is 13.1 Å². The second kappa shape index (κ2) is 5.07. The van der Waals surface area contributed by atoms with Crippen molar-refractivity contribution in [3.8, 4) is 0 Å². The molecule has 1 N–H and O–H groups in total. The number of benzene rings is 1. The van der Waals surface area contributed by atoms with Crippen molar-refractivity contribution >= 4 is 17.5 Å². The Bertz CT molecular complexity index is 404. The molecule has 0 aromatic heterocycles. The SMILES string of the molecule is CC1CCN(C(=O)c2ccc(Cl)cc2)CC1O. The maximum absolute atomic E-state index is 12.1. The van der Waals surface area contributed by atoms with E-state index in [0.29, 0.717) is 23.7 Å². The first kappa shape index (κ1) is 12.4. The molecule has 0 bridgehead atoms. The number of rotatable bonds is 1. The lowest BCUT2D eigenvalue weighted by Crippen LogP contribution is -2.45. The monoisotopic (exact) mass is 253 g/mol. The molecule has 2 unspecified atom stereocenters. The van der Waals surface area contributed by atoms with Gasteiger partial charge in [0.05, 0.1) is 6.10 Å². The number of piperidine rings is 1. The molecular weight excluding hydrogens is 238 g/mol.